The summed E-state index contributed by atoms with van der Waals surface area (Å²) in [6.07, 6.45) is 1.55. The number of hydrogen-bond donors (Lipinski definition) is 5. The molecule has 0 amide bonds. The van der Waals surface area contributed by atoms with Gasteiger partial charge in [0.05, 0.1) is 6.54 Å². The van der Waals surface area contributed by atoms with Crippen LogP contribution in [-0.4, -0.2) is 50.2 Å². The maximum absolute atomic E-state index is 5.36. The van der Waals surface area contributed by atoms with E-state index in [2.05, 4.69) is 26.1 Å². The van der Waals surface area contributed by atoms with Crippen molar-refractivity contribution in [3.8, 4) is 0 Å². The largest absolute Gasteiger partial charge is 0.369 e. The van der Waals surface area contributed by atoms with Gasteiger partial charge in [-0.05, 0) is 0 Å². The van der Waals surface area contributed by atoms with Gasteiger partial charge in [-0.3, -0.25) is 0 Å². The second-order valence-corrected chi connectivity index (χ2v) is 3.95. The van der Waals surface area contributed by atoms with Crippen molar-refractivity contribution in [3.63, 3.8) is 0 Å². The van der Waals surface area contributed by atoms with Gasteiger partial charge in [0, 0.05) is 14.1 Å². The average molecular weight is 338 g/mol. The van der Waals surface area contributed by atoms with Crippen molar-refractivity contribution in [2.45, 2.75) is 0 Å². The number of aryl methyl sites for hydroxylation is 1. The van der Waals surface area contributed by atoms with E-state index in [4.69, 9.17) is 35.2 Å². The third-order valence-corrected chi connectivity index (χ3v) is 2.39. The molecule has 11 nitrogen and oxygen atoms in total. The highest BCUT2D eigenvalue weighted by molar-refractivity contribution is 7.80. The molecule has 0 aromatic carbocycles. The first-order valence-electron chi connectivity index (χ1n) is 5.24. The molecule has 1 aromatic heterocycles. The van der Waals surface area contributed by atoms with Gasteiger partial charge in [0.15, 0.2) is 5.96 Å². The van der Waals surface area contributed by atoms with Crippen LogP contribution in [0.15, 0.2) is 16.4 Å². The highest BCUT2D eigenvalue weighted by Crippen LogP contribution is 1.96. The van der Waals surface area contributed by atoms with E-state index in [1.165, 1.54) is 0 Å². The van der Waals surface area contributed by atoms with E-state index in [1.54, 1.807) is 22.8 Å². The minimum atomic E-state index is -0.0926. The third-order valence-electron chi connectivity index (χ3n) is 1.99. The van der Waals surface area contributed by atoms with Crippen molar-refractivity contribution >= 4 is 47.5 Å². The Kier molecular flexibility index (Phi) is 10.4. The summed E-state index contributed by atoms with van der Waals surface area (Å²) in [5, 5.41) is 9.88. The number of halogens is 1. The number of rotatable bonds is 0. The zero-order valence-electron chi connectivity index (χ0n) is 11.7. The Labute approximate surface area is 133 Å². The maximum Gasteiger partial charge on any atom is 0.221 e. The summed E-state index contributed by atoms with van der Waals surface area (Å²) in [7, 11) is 3.60. The van der Waals surface area contributed by atoms with Gasteiger partial charge in [-0.15, -0.1) is 27.7 Å². The Hall–Kier alpha value is -2.34. The summed E-state index contributed by atoms with van der Waals surface area (Å²) in [5.74, 6) is 5.38. The lowest BCUT2D eigenvalue weighted by atomic mass is 10.6. The first kappa shape index (κ1) is 21.0. The normalized spacial score (nSPS) is 12.0. The molecule has 21 heavy (non-hydrogen) atoms. The predicted molar refractivity (Wildman–Crippen MR) is 89.5 cm³/mol. The molecule has 1 aliphatic rings. The van der Waals surface area contributed by atoms with Crippen molar-refractivity contribution in [1.29, 1.82) is 0 Å². The van der Waals surface area contributed by atoms with E-state index < -0.39 is 0 Å². The third kappa shape index (κ3) is 8.43. The van der Waals surface area contributed by atoms with Crippen LogP contribution in [0.1, 0.15) is 0 Å². The number of hydrazone groups is 1. The van der Waals surface area contributed by atoms with E-state index in [0.29, 0.717) is 18.5 Å². The quantitative estimate of drug-likeness (QED) is 0.112. The zero-order chi connectivity index (χ0) is 15.7. The summed E-state index contributed by atoms with van der Waals surface area (Å²) in [6.45, 7) is 0.581. The van der Waals surface area contributed by atoms with Gasteiger partial charge in [0.1, 0.15) is 11.3 Å². The average Bonchev–Trinajstić information content (AvgIpc) is 2.92. The van der Waals surface area contributed by atoms with E-state index in [1.807, 2.05) is 7.05 Å². The van der Waals surface area contributed by atoms with Crippen molar-refractivity contribution in [1.82, 2.24) is 19.7 Å². The molecule has 0 aliphatic carbocycles. The van der Waals surface area contributed by atoms with Gasteiger partial charge in [0.2, 0.25) is 11.9 Å². The number of likely N-dealkylation sites (N-methyl/N-ethyl adjacent to an activating group) is 1. The fourth-order valence-electron chi connectivity index (χ4n) is 0.781. The second kappa shape index (κ2) is 10.4. The predicted octanol–water partition coefficient (Wildman–Crippen LogP) is -2.47. The van der Waals surface area contributed by atoms with E-state index >= 15 is 0 Å². The Morgan fingerprint density at radius 3 is 1.95 bits per heavy atom. The molecule has 13 heteroatoms. The molecule has 0 spiro atoms. The number of hydrogen-bond acceptors (Lipinski definition) is 8. The summed E-state index contributed by atoms with van der Waals surface area (Å²) in [6, 6.07) is 0. The molecule has 0 fully saturated rings. The lowest BCUT2D eigenvalue weighted by Crippen LogP contribution is -2.32. The summed E-state index contributed by atoms with van der Waals surface area (Å²) in [4.78, 5) is 6.38. The van der Waals surface area contributed by atoms with Gasteiger partial charge >= 0.3 is 0 Å². The molecule has 1 aromatic rings. The van der Waals surface area contributed by atoms with Crippen LogP contribution in [-0.2, 0) is 7.05 Å². The number of aliphatic imine (C=N–C) groups is 1. The molecule has 1 aliphatic heterocycles. The van der Waals surface area contributed by atoms with Crippen LogP contribution in [0.2, 0.25) is 0 Å². The van der Waals surface area contributed by atoms with Gasteiger partial charge in [-0.25, -0.2) is 4.99 Å². The first-order valence-corrected chi connectivity index (χ1v) is 5.65. The summed E-state index contributed by atoms with van der Waals surface area (Å²) >= 11 is 4.85. The van der Waals surface area contributed by atoms with Gasteiger partial charge in [-0.1, -0.05) is 12.2 Å². The van der Waals surface area contributed by atoms with Crippen LogP contribution in [0.5, 0.6) is 0 Å². The minimum Gasteiger partial charge on any atom is -0.369 e. The van der Waals surface area contributed by atoms with Crippen LogP contribution in [0.4, 0.5) is 5.95 Å². The van der Waals surface area contributed by atoms with Gasteiger partial charge in [-0.2, -0.15) is 0 Å². The SMILES string of the molecule is CN1C(=S)CN=C1N.Cl.Cn1cnnc1N.NN=C(N)N. The molecule has 2 heterocycles. The lowest BCUT2D eigenvalue weighted by Gasteiger charge is -2.07. The number of anilines is 1. The monoisotopic (exact) mass is 337 g/mol. The molecular formula is C8H20ClN11S. The molecule has 0 saturated heterocycles. The molecule has 0 bridgehead atoms. The number of nitrogens with two attached hydrogens (primary N) is 5. The maximum atomic E-state index is 5.36. The fourth-order valence-corrected chi connectivity index (χ4v) is 0.939. The van der Waals surface area contributed by atoms with Crippen LogP contribution in [0, 0.1) is 0 Å². The van der Waals surface area contributed by atoms with E-state index in [0.717, 1.165) is 4.99 Å². The minimum absolute atomic E-state index is 0. The number of aromatic nitrogens is 3. The molecule has 120 valence electrons. The van der Waals surface area contributed by atoms with Gasteiger partial charge < -0.3 is 38.2 Å². The Morgan fingerprint density at radius 2 is 1.86 bits per heavy atom. The number of thiocarbonyl (C=S) groups is 1. The molecule has 0 saturated carbocycles. The Balaban J connectivity index is 0. The molecule has 0 radical (unpaired) electrons. The van der Waals surface area contributed by atoms with Crippen LogP contribution >= 0.6 is 24.6 Å². The van der Waals surface area contributed by atoms with Crippen molar-refractivity contribution < 1.29 is 0 Å². The Bertz CT molecular complexity index is 476. The number of nitrogens with zero attached hydrogens (tertiary/aromatic N) is 6. The molecular weight excluding hydrogens is 318 g/mol. The van der Waals surface area contributed by atoms with Crippen LogP contribution < -0.4 is 28.8 Å². The Morgan fingerprint density at radius 1 is 1.33 bits per heavy atom. The molecule has 2 rings (SSSR count). The van der Waals surface area contributed by atoms with Crippen molar-refractivity contribution in [2.75, 3.05) is 19.3 Å². The molecule has 10 N–H and O–H groups in total. The number of nitrogen functional groups attached to an aromatic ring is 1. The fraction of sp³-hybridized carbons (Fsp3) is 0.375. The summed E-state index contributed by atoms with van der Waals surface area (Å²) < 4.78 is 1.64. The second-order valence-electron chi connectivity index (χ2n) is 3.48. The van der Waals surface area contributed by atoms with Crippen molar-refractivity contribution in [2.24, 2.45) is 40.2 Å². The summed E-state index contributed by atoms with van der Waals surface area (Å²) in [5.41, 5.74) is 20.0. The first-order chi connectivity index (χ1) is 9.29. The smallest absolute Gasteiger partial charge is 0.221 e. The van der Waals surface area contributed by atoms with Crippen LogP contribution in [0.25, 0.3) is 0 Å². The van der Waals surface area contributed by atoms with E-state index in [9.17, 15) is 0 Å². The lowest BCUT2D eigenvalue weighted by molar-refractivity contribution is 0.776. The van der Waals surface area contributed by atoms with Gasteiger partial charge in [0.25, 0.3) is 0 Å². The molecule has 0 unspecified atom stereocenters. The molecule has 0 atom stereocenters. The highest BCUT2D eigenvalue weighted by Gasteiger charge is 2.13. The van der Waals surface area contributed by atoms with Crippen molar-refractivity contribution in [3.05, 3.63) is 6.33 Å². The van der Waals surface area contributed by atoms with Crippen LogP contribution in [0.3, 0.4) is 0 Å². The standard InChI is InChI=1S/C4H7N3S.C3H6N4.CH6N4.ClH/c1-7-3(8)2-6-4(7)5;1-7-2-5-6-3(7)4;2-1(3)5-4;/h2H2,1H3,(H2,5,6);2H,1H3,(H2,4,6);4H2,(H4,2,3,5);1H. The zero-order valence-corrected chi connectivity index (χ0v) is 13.3. The van der Waals surface area contributed by atoms with E-state index in [-0.39, 0.29) is 18.4 Å². The highest BCUT2D eigenvalue weighted by atomic mass is 35.5. The topological polar surface area (TPSA) is 189 Å². The number of guanidine groups is 2.